The van der Waals surface area contributed by atoms with E-state index in [1.807, 2.05) is 12.1 Å². The van der Waals surface area contributed by atoms with Crippen LogP contribution in [0.5, 0.6) is 5.75 Å². The van der Waals surface area contributed by atoms with E-state index in [1.165, 1.54) is 5.56 Å². The minimum absolute atomic E-state index is 0.142. The van der Waals surface area contributed by atoms with Crippen LogP contribution < -0.4 is 10.5 Å². The highest BCUT2D eigenvalue weighted by molar-refractivity contribution is 5.27. The van der Waals surface area contributed by atoms with Gasteiger partial charge in [-0.1, -0.05) is 19.1 Å². The van der Waals surface area contributed by atoms with Crippen molar-refractivity contribution in [1.82, 2.24) is 0 Å². The molecule has 1 heterocycles. The summed E-state index contributed by atoms with van der Waals surface area (Å²) in [5.41, 5.74) is 7.67. The highest BCUT2D eigenvalue weighted by Gasteiger charge is 2.40. The third-order valence-electron chi connectivity index (χ3n) is 4.44. The minimum atomic E-state index is 0.142. The fraction of sp³-hybridized carbons (Fsp3) is 0.625. The van der Waals surface area contributed by atoms with E-state index >= 15 is 0 Å². The lowest BCUT2D eigenvalue weighted by atomic mass is 9.81. The van der Waals surface area contributed by atoms with E-state index in [-0.39, 0.29) is 12.1 Å². The standard InChI is InChI=1S/C16H25NO2/c1-10-11(2)19-12(3)16(10)15(17)9-13-5-7-14(18-4)8-6-13/h5-8,10-12,15-16H,9,17H2,1-4H3. The third kappa shape index (κ3) is 3.10. The van der Waals surface area contributed by atoms with E-state index in [2.05, 4.69) is 32.9 Å². The van der Waals surface area contributed by atoms with Crippen LogP contribution in [0.3, 0.4) is 0 Å². The monoisotopic (exact) mass is 263 g/mol. The first-order valence-corrected chi connectivity index (χ1v) is 7.07. The summed E-state index contributed by atoms with van der Waals surface area (Å²) in [6, 6.07) is 8.30. The molecule has 19 heavy (non-hydrogen) atoms. The summed E-state index contributed by atoms with van der Waals surface area (Å²) in [5, 5.41) is 0. The molecule has 1 aromatic rings. The first-order chi connectivity index (χ1) is 9.02. The average Bonchev–Trinajstić information content (AvgIpc) is 2.64. The number of hydrogen-bond donors (Lipinski definition) is 1. The van der Waals surface area contributed by atoms with Gasteiger partial charge in [0.1, 0.15) is 5.75 Å². The van der Waals surface area contributed by atoms with E-state index in [0.717, 1.165) is 12.2 Å². The zero-order valence-electron chi connectivity index (χ0n) is 12.3. The Bertz CT molecular complexity index is 404. The summed E-state index contributed by atoms with van der Waals surface area (Å²) in [5.74, 6) is 1.83. The molecule has 0 saturated carbocycles. The molecule has 0 radical (unpaired) electrons. The molecular weight excluding hydrogens is 238 g/mol. The molecule has 3 heteroatoms. The lowest BCUT2D eigenvalue weighted by Crippen LogP contribution is -2.39. The number of hydrogen-bond acceptors (Lipinski definition) is 3. The molecule has 1 saturated heterocycles. The zero-order chi connectivity index (χ0) is 14.0. The third-order valence-corrected chi connectivity index (χ3v) is 4.44. The van der Waals surface area contributed by atoms with Gasteiger partial charge in [-0.25, -0.2) is 0 Å². The quantitative estimate of drug-likeness (QED) is 0.908. The number of methoxy groups -OCH3 is 1. The van der Waals surface area contributed by atoms with E-state index in [9.17, 15) is 0 Å². The molecule has 0 aromatic heterocycles. The smallest absolute Gasteiger partial charge is 0.118 e. The van der Waals surface area contributed by atoms with E-state index < -0.39 is 0 Å². The maximum absolute atomic E-state index is 6.41. The minimum Gasteiger partial charge on any atom is -0.497 e. The molecule has 1 aliphatic heterocycles. The molecule has 0 bridgehead atoms. The van der Waals surface area contributed by atoms with Gasteiger partial charge in [-0.15, -0.1) is 0 Å². The Morgan fingerprint density at radius 1 is 1.16 bits per heavy atom. The van der Waals surface area contributed by atoms with Crippen LogP contribution in [0.1, 0.15) is 26.3 Å². The van der Waals surface area contributed by atoms with Crippen LogP contribution in [0.4, 0.5) is 0 Å². The molecule has 0 aliphatic carbocycles. The van der Waals surface area contributed by atoms with Crippen molar-refractivity contribution in [2.24, 2.45) is 17.6 Å². The van der Waals surface area contributed by atoms with Crippen LogP contribution in [0, 0.1) is 11.8 Å². The lowest BCUT2D eigenvalue weighted by Gasteiger charge is -2.25. The van der Waals surface area contributed by atoms with Crippen molar-refractivity contribution in [3.05, 3.63) is 29.8 Å². The van der Waals surface area contributed by atoms with Gasteiger partial charge in [0.25, 0.3) is 0 Å². The molecule has 0 spiro atoms. The Morgan fingerprint density at radius 2 is 1.79 bits per heavy atom. The number of nitrogens with two attached hydrogens (primary N) is 1. The van der Waals surface area contributed by atoms with Crippen molar-refractivity contribution in [3.63, 3.8) is 0 Å². The molecule has 3 nitrogen and oxygen atoms in total. The molecule has 5 atom stereocenters. The van der Waals surface area contributed by atoms with Gasteiger partial charge >= 0.3 is 0 Å². The number of benzene rings is 1. The fourth-order valence-electron chi connectivity index (χ4n) is 3.20. The molecule has 1 aromatic carbocycles. The van der Waals surface area contributed by atoms with Crippen molar-refractivity contribution in [2.45, 2.75) is 45.4 Å². The Morgan fingerprint density at radius 3 is 2.26 bits per heavy atom. The van der Waals surface area contributed by atoms with E-state index in [1.54, 1.807) is 7.11 Å². The van der Waals surface area contributed by atoms with Crippen molar-refractivity contribution < 1.29 is 9.47 Å². The van der Waals surface area contributed by atoms with Crippen molar-refractivity contribution in [3.8, 4) is 5.75 Å². The van der Waals surface area contributed by atoms with Crippen LogP contribution in [0.25, 0.3) is 0 Å². The second-order valence-electron chi connectivity index (χ2n) is 5.70. The van der Waals surface area contributed by atoms with Gasteiger partial charge in [-0.3, -0.25) is 0 Å². The van der Waals surface area contributed by atoms with Crippen LogP contribution in [0.15, 0.2) is 24.3 Å². The first-order valence-electron chi connectivity index (χ1n) is 7.07. The van der Waals surface area contributed by atoms with Crippen molar-refractivity contribution in [1.29, 1.82) is 0 Å². The lowest BCUT2D eigenvalue weighted by molar-refractivity contribution is 0.0490. The average molecular weight is 263 g/mol. The van der Waals surface area contributed by atoms with Gasteiger partial charge in [0.05, 0.1) is 19.3 Å². The Kier molecular flexibility index (Phi) is 4.48. The predicted octanol–water partition coefficient (Wildman–Crippen LogP) is 2.62. The first kappa shape index (κ1) is 14.4. The summed E-state index contributed by atoms with van der Waals surface area (Å²) < 4.78 is 11.1. The second-order valence-corrected chi connectivity index (χ2v) is 5.70. The maximum Gasteiger partial charge on any atom is 0.118 e. The normalized spacial score (nSPS) is 32.3. The van der Waals surface area contributed by atoms with E-state index in [0.29, 0.717) is 17.9 Å². The fourth-order valence-corrected chi connectivity index (χ4v) is 3.20. The Hall–Kier alpha value is -1.06. The topological polar surface area (TPSA) is 44.5 Å². The van der Waals surface area contributed by atoms with Crippen LogP contribution in [-0.4, -0.2) is 25.4 Å². The van der Waals surface area contributed by atoms with Gasteiger partial charge in [-0.2, -0.15) is 0 Å². The molecule has 0 amide bonds. The molecular formula is C16H25NO2. The predicted molar refractivity (Wildman–Crippen MR) is 77.3 cm³/mol. The summed E-state index contributed by atoms with van der Waals surface area (Å²) in [4.78, 5) is 0. The molecule has 2 N–H and O–H groups in total. The molecule has 106 valence electrons. The molecule has 1 fully saturated rings. The summed E-state index contributed by atoms with van der Waals surface area (Å²) in [6.45, 7) is 6.52. The van der Waals surface area contributed by atoms with Gasteiger partial charge in [0.2, 0.25) is 0 Å². The molecule has 2 rings (SSSR count). The largest absolute Gasteiger partial charge is 0.497 e. The number of ether oxygens (including phenoxy) is 2. The molecule has 5 unspecified atom stereocenters. The van der Waals surface area contributed by atoms with Crippen LogP contribution in [-0.2, 0) is 11.2 Å². The van der Waals surface area contributed by atoms with Gasteiger partial charge in [0.15, 0.2) is 0 Å². The SMILES string of the molecule is COc1ccc(CC(N)C2C(C)OC(C)C2C)cc1. The van der Waals surface area contributed by atoms with Gasteiger partial charge in [0, 0.05) is 12.0 Å². The maximum atomic E-state index is 6.41. The summed E-state index contributed by atoms with van der Waals surface area (Å²) in [6.07, 6.45) is 1.44. The van der Waals surface area contributed by atoms with Crippen molar-refractivity contribution in [2.75, 3.05) is 7.11 Å². The highest BCUT2D eigenvalue weighted by Crippen LogP contribution is 2.34. The van der Waals surface area contributed by atoms with Gasteiger partial charge in [-0.05, 0) is 43.9 Å². The molecule has 1 aliphatic rings. The summed E-state index contributed by atoms with van der Waals surface area (Å²) in [7, 11) is 1.68. The summed E-state index contributed by atoms with van der Waals surface area (Å²) >= 11 is 0. The Labute approximate surface area is 116 Å². The number of rotatable bonds is 4. The van der Waals surface area contributed by atoms with E-state index in [4.69, 9.17) is 15.2 Å². The van der Waals surface area contributed by atoms with Crippen LogP contribution >= 0.6 is 0 Å². The Balaban J connectivity index is 2.01. The zero-order valence-corrected chi connectivity index (χ0v) is 12.3. The second kappa shape index (κ2) is 5.93. The highest BCUT2D eigenvalue weighted by atomic mass is 16.5. The van der Waals surface area contributed by atoms with Crippen molar-refractivity contribution >= 4 is 0 Å². The van der Waals surface area contributed by atoms with Gasteiger partial charge < -0.3 is 15.2 Å². The van der Waals surface area contributed by atoms with Crippen LogP contribution in [0.2, 0.25) is 0 Å².